The molecule has 4 rings (SSSR count). The van der Waals surface area contributed by atoms with Gasteiger partial charge in [0.25, 0.3) is 0 Å². The highest BCUT2D eigenvalue weighted by atomic mass is 14.4. The van der Waals surface area contributed by atoms with Crippen molar-refractivity contribution in [1.29, 1.82) is 0 Å². The van der Waals surface area contributed by atoms with Crippen molar-refractivity contribution in [3.63, 3.8) is 0 Å². The minimum Gasteiger partial charge on any atom is -0.0625 e. The van der Waals surface area contributed by atoms with Crippen LogP contribution in [0.5, 0.6) is 0 Å². The molecule has 6 atom stereocenters. The molecule has 0 heterocycles. The Balaban J connectivity index is 1.72. The van der Waals surface area contributed by atoms with E-state index in [0.717, 1.165) is 60.2 Å². The molecular weight excluding hydrogens is 408 g/mol. The Hall–Kier alpha value is -1.56. The van der Waals surface area contributed by atoms with E-state index in [4.69, 9.17) is 0 Å². The summed E-state index contributed by atoms with van der Waals surface area (Å²) < 4.78 is 0. The van der Waals surface area contributed by atoms with Crippen molar-refractivity contribution >= 4 is 0 Å². The van der Waals surface area contributed by atoms with Crippen molar-refractivity contribution in [1.82, 2.24) is 0 Å². The lowest BCUT2D eigenvalue weighted by atomic mass is 9.62. The molecule has 186 valence electrons. The summed E-state index contributed by atoms with van der Waals surface area (Å²) in [6.07, 6.45) is 10.7. The lowest BCUT2D eigenvalue weighted by Crippen LogP contribution is -2.30. The second-order valence-electron chi connectivity index (χ2n) is 12.8. The van der Waals surface area contributed by atoms with Gasteiger partial charge in [0.15, 0.2) is 0 Å². The highest BCUT2D eigenvalue weighted by molar-refractivity contribution is 5.39. The second-order valence-corrected chi connectivity index (χ2v) is 12.8. The lowest BCUT2D eigenvalue weighted by molar-refractivity contribution is 0.183. The van der Waals surface area contributed by atoms with Gasteiger partial charge in [-0.2, -0.15) is 0 Å². The summed E-state index contributed by atoms with van der Waals surface area (Å²) in [5.74, 6) is 6.40. The van der Waals surface area contributed by atoms with Gasteiger partial charge < -0.3 is 0 Å². The van der Waals surface area contributed by atoms with Gasteiger partial charge in [-0.1, -0.05) is 103 Å². The van der Waals surface area contributed by atoms with Crippen LogP contribution in [0.3, 0.4) is 0 Å². The van der Waals surface area contributed by atoms with E-state index >= 15 is 0 Å². The third kappa shape index (κ3) is 5.98. The maximum atomic E-state index is 2.69. The maximum absolute atomic E-state index is 2.69. The Morgan fingerprint density at radius 1 is 0.618 bits per heavy atom. The van der Waals surface area contributed by atoms with Crippen LogP contribution in [0.4, 0.5) is 0 Å². The van der Waals surface area contributed by atoms with Crippen LogP contribution >= 0.6 is 0 Å². The summed E-state index contributed by atoms with van der Waals surface area (Å²) in [5.41, 5.74) is 6.49. The first-order valence-electron chi connectivity index (χ1n) is 14.5. The average molecular weight is 459 g/mol. The minimum atomic E-state index is 0.737. The molecule has 0 saturated heterocycles. The highest BCUT2D eigenvalue weighted by Gasteiger charge is 2.37. The van der Waals surface area contributed by atoms with Gasteiger partial charge in [-0.15, -0.1) is 0 Å². The summed E-state index contributed by atoms with van der Waals surface area (Å²) in [4.78, 5) is 0. The van der Waals surface area contributed by atoms with Crippen molar-refractivity contribution in [3.8, 4) is 0 Å². The Morgan fingerprint density at radius 2 is 1.15 bits per heavy atom. The van der Waals surface area contributed by atoms with Crippen LogP contribution in [-0.2, 0) is 12.8 Å². The first-order valence-corrected chi connectivity index (χ1v) is 14.5. The Kier molecular flexibility index (Phi) is 8.60. The number of rotatable bonds is 7. The third-order valence-electron chi connectivity index (χ3n) is 9.54. The molecular formula is C34H50. The van der Waals surface area contributed by atoms with Gasteiger partial charge in [0.1, 0.15) is 0 Å². The zero-order valence-electron chi connectivity index (χ0n) is 22.9. The van der Waals surface area contributed by atoms with Gasteiger partial charge in [0.05, 0.1) is 0 Å². The molecule has 2 saturated carbocycles. The van der Waals surface area contributed by atoms with E-state index in [2.05, 4.69) is 90.1 Å². The number of hydrogen-bond acceptors (Lipinski definition) is 0. The summed E-state index contributed by atoms with van der Waals surface area (Å²) in [6, 6.07) is 18.8. The summed E-state index contributed by atoms with van der Waals surface area (Å²) in [7, 11) is 0. The molecule has 0 amide bonds. The SMILES string of the molecule is CC1CCC(C(C)C)C(c2ccc(CCc3ccccc3)cc2C2CC(C)CCC2C(C)C)C1. The van der Waals surface area contributed by atoms with Crippen molar-refractivity contribution in [2.45, 2.75) is 105 Å². The Labute approximate surface area is 211 Å². The molecule has 2 aromatic rings. The van der Waals surface area contributed by atoms with Crippen LogP contribution in [-0.4, -0.2) is 0 Å². The fourth-order valence-electron chi connectivity index (χ4n) is 7.49. The van der Waals surface area contributed by atoms with Crippen molar-refractivity contribution in [2.24, 2.45) is 35.5 Å². The quantitative estimate of drug-likeness (QED) is 0.387. The monoisotopic (exact) mass is 458 g/mol. The van der Waals surface area contributed by atoms with E-state index in [1.165, 1.54) is 44.1 Å². The van der Waals surface area contributed by atoms with Crippen molar-refractivity contribution in [3.05, 3.63) is 70.8 Å². The summed E-state index contributed by atoms with van der Waals surface area (Å²) in [5, 5.41) is 0. The predicted molar refractivity (Wildman–Crippen MR) is 148 cm³/mol. The standard InChI is InChI=1S/C34H50/c1-23(2)29-17-12-25(5)20-32(29)31-19-16-28(15-14-27-10-8-7-9-11-27)22-34(31)33-21-26(6)13-18-30(33)24(3)4/h7-11,16,19,22-26,29-30,32-33H,12-15,17-18,20-21H2,1-6H3. The first-order chi connectivity index (χ1) is 16.3. The molecule has 0 bridgehead atoms. The maximum Gasteiger partial charge on any atom is -0.0126 e. The van der Waals surface area contributed by atoms with E-state index in [1.54, 1.807) is 16.7 Å². The molecule has 34 heavy (non-hydrogen) atoms. The first kappa shape index (κ1) is 25.5. The molecule has 0 radical (unpaired) electrons. The van der Waals surface area contributed by atoms with Crippen LogP contribution in [0.1, 0.15) is 114 Å². The van der Waals surface area contributed by atoms with E-state index in [9.17, 15) is 0 Å². The van der Waals surface area contributed by atoms with Crippen LogP contribution in [0.25, 0.3) is 0 Å². The van der Waals surface area contributed by atoms with Gasteiger partial charge in [-0.05, 0) is 108 Å². The van der Waals surface area contributed by atoms with Gasteiger partial charge in [0, 0.05) is 0 Å². The molecule has 0 aliphatic heterocycles. The number of benzene rings is 2. The zero-order valence-corrected chi connectivity index (χ0v) is 22.9. The van der Waals surface area contributed by atoms with E-state index in [0.29, 0.717) is 0 Å². The molecule has 0 nitrogen and oxygen atoms in total. The molecule has 0 aromatic heterocycles. The van der Waals surface area contributed by atoms with Gasteiger partial charge in [-0.25, -0.2) is 0 Å². The molecule has 2 aliphatic carbocycles. The van der Waals surface area contributed by atoms with Gasteiger partial charge in [0.2, 0.25) is 0 Å². The minimum absolute atomic E-state index is 0.737. The molecule has 0 spiro atoms. The Bertz CT molecular complexity index is 892. The molecule has 2 aromatic carbocycles. The fourth-order valence-corrected chi connectivity index (χ4v) is 7.49. The van der Waals surface area contributed by atoms with Crippen LogP contribution in [0.15, 0.2) is 48.5 Å². The average Bonchev–Trinajstić information content (AvgIpc) is 2.82. The normalized spacial score (nSPS) is 30.1. The molecule has 6 unspecified atom stereocenters. The molecule has 0 N–H and O–H groups in total. The van der Waals surface area contributed by atoms with E-state index < -0.39 is 0 Å². The third-order valence-corrected chi connectivity index (χ3v) is 9.54. The van der Waals surface area contributed by atoms with Crippen LogP contribution in [0, 0.1) is 35.5 Å². The highest BCUT2D eigenvalue weighted by Crippen LogP contribution is 2.50. The molecule has 2 aliphatic rings. The smallest absolute Gasteiger partial charge is 0.0126 e. The Morgan fingerprint density at radius 3 is 1.71 bits per heavy atom. The topological polar surface area (TPSA) is 0 Å². The van der Waals surface area contributed by atoms with E-state index in [1.807, 2.05) is 0 Å². The predicted octanol–water partition coefficient (Wildman–Crippen LogP) is 9.82. The van der Waals surface area contributed by atoms with Crippen molar-refractivity contribution in [2.75, 3.05) is 0 Å². The van der Waals surface area contributed by atoms with Crippen LogP contribution < -0.4 is 0 Å². The molecule has 2 fully saturated rings. The van der Waals surface area contributed by atoms with Crippen LogP contribution in [0.2, 0.25) is 0 Å². The summed E-state index contributed by atoms with van der Waals surface area (Å²) in [6.45, 7) is 14.9. The lowest BCUT2D eigenvalue weighted by Gasteiger charge is -2.43. The summed E-state index contributed by atoms with van der Waals surface area (Å²) >= 11 is 0. The fraction of sp³-hybridized carbons (Fsp3) is 0.647. The molecule has 0 heteroatoms. The van der Waals surface area contributed by atoms with Gasteiger partial charge in [-0.3, -0.25) is 0 Å². The van der Waals surface area contributed by atoms with E-state index in [-0.39, 0.29) is 0 Å². The second kappa shape index (κ2) is 11.5. The number of hydrogen-bond donors (Lipinski definition) is 0. The number of aryl methyl sites for hydroxylation is 2. The largest absolute Gasteiger partial charge is 0.0625 e. The van der Waals surface area contributed by atoms with Crippen molar-refractivity contribution < 1.29 is 0 Å². The van der Waals surface area contributed by atoms with Gasteiger partial charge >= 0.3 is 0 Å². The zero-order chi connectivity index (χ0) is 24.2.